The normalized spacial score (nSPS) is 17.8. The number of benzene rings is 1. The summed E-state index contributed by atoms with van der Waals surface area (Å²) in [5.41, 5.74) is 0.696. The molecule has 0 amide bonds. The van der Waals surface area contributed by atoms with E-state index in [0.29, 0.717) is 10.6 Å². The van der Waals surface area contributed by atoms with Crippen molar-refractivity contribution >= 4 is 27.5 Å². The SMILES string of the molecule is CSC1(CNc2ccccc2S(=O)(=O)N(C)C)CCC1. The van der Waals surface area contributed by atoms with Crippen LogP contribution >= 0.6 is 11.8 Å². The van der Waals surface area contributed by atoms with Crippen molar-refractivity contribution < 1.29 is 8.42 Å². The highest BCUT2D eigenvalue weighted by Crippen LogP contribution is 2.43. The first-order valence-corrected chi connectivity index (χ1v) is 9.38. The molecule has 0 saturated heterocycles. The smallest absolute Gasteiger partial charge is 0.244 e. The minimum Gasteiger partial charge on any atom is -0.383 e. The van der Waals surface area contributed by atoms with Crippen molar-refractivity contribution in [1.82, 2.24) is 4.31 Å². The van der Waals surface area contributed by atoms with Crippen molar-refractivity contribution in [3.63, 3.8) is 0 Å². The molecule has 0 atom stereocenters. The van der Waals surface area contributed by atoms with Crippen LogP contribution in [0.15, 0.2) is 29.2 Å². The van der Waals surface area contributed by atoms with Crippen molar-refractivity contribution in [2.45, 2.75) is 28.9 Å². The van der Waals surface area contributed by atoms with E-state index in [0.717, 1.165) is 6.54 Å². The average Bonchev–Trinajstić information content (AvgIpc) is 2.38. The van der Waals surface area contributed by atoms with Crippen molar-refractivity contribution in [1.29, 1.82) is 0 Å². The van der Waals surface area contributed by atoms with E-state index in [9.17, 15) is 8.42 Å². The maximum atomic E-state index is 12.3. The Labute approximate surface area is 126 Å². The predicted molar refractivity (Wildman–Crippen MR) is 85.9 cm³/mol. The van der Waals surface area contributed by atoms with Gasteiger partial charge in [-0.3, -0.25) is 0 Å². The highest BCUT2D eigenvalue weighted by molar-refractivity contribution is 8.00. The van der Waals surface area contributed by atoms with Crippen LogP contribution in [-0.2, 0) is 10.0 Å². The Bertz CT molecular complexity index is 561. The molecule has 1 saturated carbocycles. The van der Waals surface area contributed by atoms with Crippen molar-refractivity contribution in [2.75, 3.05) is 32.2 Å². The van der Waals surface area contributed by atoms with Crippen molar-refractivity contribution in [3.8, 4) is 0 Å². The molecule has 112 valence electrons. The van der Waals surface area contributed by atoms with E-state index >= 15 is 0 Å². The number of nitrogens with zero attached hydrogens (tertiary/aromatic N) is 1. The third kappa shape index (κ3) is 2.97. The van der Waals surface area contributed by atoms with Crippen LogP contribution in [0.25, 0.3) is 0 Å². The van der Waals surface area contributed by atoms with E-state index < -0.39 is 10.0 Å². The molecule has 1 aliphatic rings. The third-order valence-corrected chi connectivity index (χ3v) is 7.24. The number of para-hydroxylation sites is 1. The van der Waals surface area contributed by atoms with Crippen LogP contribution in [0, 0.1) is 0 Å². The molecule has 4 nitrogen and oxygen atoms in total. The van der Waals surface area contributed by atoms with Gasteiger partial charge in [0.2, 0.25) is 10.0 Å². The Morgan fingerprint density at radius 2 is 1.95 bits per heavy atom. The van der Waals surface area contributed by atoms with Crippen LogP contribution in [0.5, 0.6) is 0 Å². The lowest BCUT2D eigenvalue weighted by Gasteiger charge is -2.40. The highest BCUT2D eigenvalue weighted by atomic mass is 32.2. The van der Waals surface area contributed by atoms with Crippen LogP contribution in [0.3, 0.4) is 0 Å². The fourth-order valence-electron chi connectivity index (χ4n) is 2.31. The van der Waals surface area contributed by atoms with Gasteiger partial charge in [0.25, 0.3) is 0 Å². The van der Waals surface area contributed by atoms with E-state index in [-0.39, 0.29) is 4.75 Å². The van der Waals surface area contributed by atoms with Gasteiger partial charge in [-0.15, -0.1) is 0 Å². The maximum Gasteiger partial charge on any atom is 0.244 e. The van der Waals surface area contributed by atoms with Gasteiger partial charge in [-0.05, 0) is 31.2 Å². The topological polar surface area (TPSA) is 49.4 Å². The van der Waals surface area contributed by atoms with E-state index in [2.05, 4.69) is 11.6 Å². The summed E-state index contributed by atoms with van der Waals surface area (Å²) in [6, 6.07) is 7.12. The number of hydrogen-bond donors (Lipinski definition) is 1. The summed E-state index contributed by atoms with van der Waals surface area (Å²) >= 11 is 1.88. The first kappa shape index (κ1) is 15.7. The summed E-state index contributed by atoms with van der Waals surface area (Å²) in [6.07, 6.45) is 5.79. The summed E-state index contributed by atoms with van der Waals surface area (Å²) in [5, 5.41) is 3.34. The Morgan fingerprint density at radius 3 is 2.45 bits per heavy atom. The van der Waals surface area contributed by atoms with Gasteiger partial charge in [-0.2, -0.15) is 11.8 Å². The highest BCUT2D eigenvalue weighted by Gasteiger charge is 2.36. The summed E-state index contributed by atoms with van der Waals surface area (Å²) in [4.78, 5) is 0.348. The van der Waals surface area contributed by atoms with Crippen molar-refractivity contribution in [2.24, 2.45) is 0 Å². The predicted octanol–water partition coefficient (Wildman–Crippen LogP) is 2.63. The quantitative estimate of drug-likeness (QED) is 0.877. The molecule has 0 heterocycles. The Balaban J connectivity index is 2.21. The van der Waals surface area contributed by atoms with Crippen LogP contribution < -0.4 is 5.32 Å². The maximum absolute atomic E-state index is 12.3. The van der Waals surface area contributed by atoms with Gasteiger partial charge in [-0.25, -0.2) is 12.7 Å². The Morgan fingerprint density at radius 1 is 1.30 bits per heavy atom. The molecule has 1 fully saturated rings. The summed E-state index contributed by atoms with van der Waals surface area (Å²) in [5.74, 6) is 0. The number of nitrogens with one attached hydrogen (secondary N) is 1. The van der Waals surface area contributed by atoms with Crippen LogP contribution in [0.1, 0.15) is 19.3 Å². The van der Waals surface area contributed by atoms with Crippen molar-refractivity contribution in [3.05, 3.63) is 24.3 Å². The molecule has 0 unspecified atom stereocenters. The largest absolute Gasteiger partial charge is 0.383 e. The average molecular weight is 314 g/mol. The second-order valence-electron chi connectivity index (χ2n) is 5.38. The number of anilines is 1. The molecule has 0 aliphatic heterocycles. The summed E-state index contributed by atoms with van der Waals surface area (Å²) in [6.45, 7) is 0.814. The molecular formula is C14H22N2O2S2. The molecule has 1 N–H and O–H groups in total. The molecule has 1 aromatic rings. The third-order valence-electron chi connectivity index (χ3n) is 3.94. The first-order valence-electron chi connectivity index (χ1n) is 6.72. The minimum atomic E-state index is -3.41. The van der Waals surface area contributed by atoms with Gasteiger partial charge in [0, 0.05) is 25.4 Å². The number of hydrogen-bond acceptors (Lipinski definition) is 4. The number of sulfonamides is 1. The Kier molecular flexibility index (Phi) is 4.66. The molecule has 0 aromatic heterocycles. The van der Waals surface area contributed by atoms with Gasteiger partial charge in [-0.1, -0.05) is 18.6 Å². The second kappa shape index (κ2) is 5.95. The number of rotatable bonds is 6. The molecule has 1 aliphatic carbocycles. The zero-order valence-electron chi connectivity index (χ0n) is 12.2. The van der Waals surface area contributed by atoms with E-state index in [1.54, 1.807) is 26.2 Å². The van der Waals surface area contributed by atoms with E-state index in [4.69, 9.17) is 0 Å². The van der Waals surface area contributed by atoms with Crippen LogP contribution in [-0.4, -0.2) is 44.4 Å². The van der Waals surface area contributed by atoms with Gasteiger partial charge in [0.1, 0.15) is 4.90 Å². The van der Waals surface area contributed by atoms with E-state index in [1.165, 1.54) is 23.6 Å². The molecule has 0 radical (unpaired) electrons. The summed E-state index contributed by atoms with van der Waals surface area (Å²) in [7, 11) is -0.293. The molecule has 6 heteroatoms. The lowest BCUT2D eigenvalue weighted by molar-refractivity contribution is 0.379. The molecule has 20 heavy (non-hydrogen) atoms. The number of thioether (sulfide) groups is 1. The van der Waals surface area contributed by atoms with E-state index in [1.807, 2.05) is 23.9 Å². The molecule has 0 spiro atoms. The lowest BCUT2D eigenvalue weighted by Crippen LogP contribution is -2.40. The Hall–Kier alpha value is -0.720. The zero-order chi connectivity index (χ0) is 14.8. The fraction of sp³-hybridized carbons (Fsp3) is 0.571. The zero-order valence-corrected chi connectivity index (χ0v) is 13.9. The minimum absolute atomic E-state index is 0.273. The van der Waals surface area contributed by atoms with Gasteiger partial charge < -0.3 is 5.32 Å². The second-order valence-corrected chi connectivity index (χ2v) is 8.77. The van der Waals surface area contributed by atoms with Gasteiger partial charge >= 0.3 is 0 Å². The standard InChI is InChI=1S/C14H22N2O2S2/c1-16(2)20(17,18)13-8-5-4-7-12(13)15-11-14(19-3)9-6-10-14/h4-5,7-8,15H,6,9-11H2,1-3H3. The molecule has 0 bridgehead atoms. The molecule has 1 aromatic carbocycles. The molecular weight excluding hydrogens is 292 g/mol. The first-order chi connectivity index (χ1) is 9.41. The van der Waals surface area contributed by atoms with Crippen LogP contribution in [0.2, 0.25) is 0 Å². The fourth-order valence-corrected chi connectivity index (χ4v) is 4.29. The van der Waals surface area contributed by atoms with Gasteiger partial charge in [0.05, 0.1) is 5.69 Å². The lowest BCUT2D eigenvalue weighted by atomic mass is 9.84. The van der Waals surface area contributed by atoms with Crippen LogP contribution in [0.4, 0.5) is 5.69 Å². The van der Waals surface area contributed by atoms with Gasteiger partial charge in [0.15, 0.2) is 0 Å². The summed E-state index contributed by atoms with van der Waals surface area (Å²) < 4.78 is 26.1. The molecule has 2 rings (SSSR count). The monoisotopic (exact) mass is 314 g/mol.